The number of halogens is 3. The van der Waals surface area contributed by atoms with Crippen molar-refractivity contribution in [1.82, 2.24) is 5.43 Å². The molecule has 0 bridgehead atoms. The van der Waals surface area contributed by atoms with E-state index in [4.69, 9.17) is 10.6 Å². The molecule has 0 spiro atoms. The van der Waals surface area contributed by atoms with E-state index in [0.29, 0.717) is 13.0 Å². The second-order valence-corrected chi connectivity index (χ2v) is 4.19. The van der Waals surface area contributed by atoms with Gasteiger partial charge in [-0.1, -0.05) is 0 Å². The van der Waals surface area contributed by atoms with Crippen LogP contribution >= 0.6 is 0 Å². The first-order valence-electron chi connectivity index (χ1n) is 5.67. The van der Waals surface area contributed by atoms with Crippen molar-refractivity contribution < 1.29 is 17.9 Å². The normalized spacial score (nSPS) is 24.4. The van der Waals surface area contributed by atoms with Gasteiger partial charge in [0.05, 0.1) is 6.10 Å². The van der Waals surface area contributed by atoms with Gasteiger partial charge >= 0.3 is 6.18 Å². The van der Waals surface area contributed by atoms with Gasteiger partial charge in [0.1, 0.15) is 0 Å². The zero-order valence-electron chi connectivity index (χ0n) is 9.22. The molecule has 3 N–H and O–H groups in total. The van der Waals surface area contributed by atoms with Crippen LogP contribution in [-0.4, -0.2) is 24.9 Å². The number of ether oxygens (including phenoxy) is 1. The first kappa shape index (κ1) is 13.7. The van der Waals surface area contributed by atoms with Crippen molar-refractivity contribution in [2.45, 2.75) is 56.8 Å². The van der Waals surface area contributed by atoms with Gasteiger partial charge in [0, 0.05) is 19.1 Å². The number of hydrogen-bond donors (Lipinski definition) is 2. The monoisotopic (exact) mass is 240 g/mol. The summed E-state index contributed by atoms with van der Waals surface area (Å²) in [6.07, 6.45) is -1.41. The van der Waals surface area contributed by atoms with Crippen LogP contribution in [0.5, 0.6) is 0 Å². The maximum absolute atomic E-state index is 12.0. The number of alkyl halides is 3. The van der Waals surface area contributed by atoms with Crippen molar-refractivity contribution in [2.24, 2.45) is 5.84 Å². The van der Waals surface area contributed by atoms with Gasteiger partial charge < -0.3 is 4.74 Å². The molecule has 96 valence electrons. The van der Waals surface area contributed by atoms with Crippen molar-refractivity contribution in [3.63, 3.8) is 0 Å². The van der Waals surface area contributed by atoms with E-state index < -0.39 is 12.6 Å². The lowest BCUT2D eigenvalue weighted by Gasteiger charge is -2.30. The Labute approximate surface area is 93.5 Å². The van der Waals surface area contributed by atoms with E-state index in [0.717, 1.165) is 19.3 Å². The minimum absolute atomic E-state index is 0.0352. The van der Waals surface area contributed by atoms with E-state index in [9.17, 15) is 13.2 Å². The molecule has 1 rings (SSSR count). The molecule has 1 heterocycles. The van der Waals surface area contributed by atoms with Crippen LogP contribution in [0.3, 0.4) is 0 Å². The quantitative estimate of drug-likeness (QED) is 0.571. The summed E-state index contributed by atoms with van der Waals surface area (Å²) in [4.78, 5) is 0. The van der Waals surface area contributed by atoms with Crippen LogP contribution in [-0.2, 0) is 4.74 Å². The molecule has 0 aliphatic carbocycles. The Morgan fingerprint density at radius 3 is 2.62 bits per heavy atom. The lowest BCUT2D eigenvalue weighted by atomic mass is 9.98. The van der Waals surface area contributed by atoms with Crippen LogP contribution in [0.2, 0.25) is 0 Å². The highest BCUT2D eigenvalue weighted by atomic mass is 19.4. The number of hydrazine groups is 1. The molecule has 0 saturated carbocycles. The molecule has 0 aromatic rings. The highest BCUT2D eigenvalue weighted by Gasteiger charge is 2.28. The topological polar surface area (TPSA) is 47.3 Å². The molecule has 0 aromatic heterocycles. The Hall–Kier alpha value is -0.330. The van der Waals surface area contributed by atoms with Crippen molar-refractivity contribution in [3.05, 3.63) is 0 Å². The molecule has 0 amide bonds. The molecule has 1 fully saturated rings. The Kier molecular flexibility index (Phi) is 5.51. The number of hydrogen-bond acceptors (Lipinski definition) is 3. The van der Waals surface area contributed by atoms with Crippen LogP contribution in [0.25, 0.3) is 0 Å². The minimum atomic E-state index is -4.08. The molecular formula is C10H19F3N2O. The van der Waals surface area contributed by atoms with Gasteiger partial charge in [-0.3, -0.25) is 11.3 Å². The Morgan fingerprint density at radius 2 is 2.12 bits per heavy atom. The summed E-state index contributed by atoms with van der Waals surface area (Å²) in [5.41, 5.74) is 2.57. The van der Waals surface area contributed by atoms with Gasteiger partial charge in [0.2, 0.25) is 0 Å². The van der Waals surface area contributed by atoms with Gasteiger partial charge in [-0.25, -0.2) is 0 Å². The molecule has 16 heavy (non-hydrogen) atoms. The zero-order valence-corrected chi connectivity index (χ0v) is 9.22. The van der Waals surface area contributed by atoms with Crippen LogP contribution in [0.15, 0.2) is 0 Å². The van der Waals surface area contributed by atoms with Crippen LogP contribution in [0, 0.1) is 0 Å². The predicted molar refractivity (Wildman–Crippen MR) is 54.6 cm³/mol. The van der Waals surface area contributed by atoms with E-state index in [1.165, 1.54) is 0 Å². The molecule has 1 aliphatic rings. The maximum Gasteiger partial charge on any atom is 0.389 e. The number of nitrogens with two attached hydrogens (primary N) is 1. The molecule has 6 heteroatoms. The largest absolute Gasteiger partial charge is 0.389 e. The van der Waals surface area contributed by atoms with Crippen molar-refractivity contribution >= 4 is 0 Å². The van der Waals surface area contributed by atoms with Gasteiger partial charge in [-0.15, -0.1) is 0 Å². The smallest absolute Gasteiger partial charge is 0.377 e. The molecule has 0 radical (unpaired) electrons. The Bertz CT molecular complexity index is 193. The molecule has 3 nitrogen and oxygen atoms in total. The predicted octanol–water partition coefficient (Wildman–Crippen LogP) is 2.12. The first-order chi connectivity index (χ1) is 7.53. The van der Waals surface area contributed by atoms with E-state index >= 15 is 0 Å². The van der Waals surface area contributed by atoms with Gasteiger partial charge in [0.15, 0.2) is 0 Å². The van der Waals surface area contributed by atoms with Gasteiger partial charge in [0.25, 0.3) is 0 Å². The first-order valence-corrected chi connectivity index (χ1v) is 5.67. The molecule has 0 aromatic carbocycles. The molecule has 2 unspecified atom stereocenters. The number of nitrogens with one attached hydrogen (secondary N) is 1. The summed E-state index contributed by atoms with van der Waals surface area (Å²) in [6, 6.07) is -0.164. The molecular weight excluding hydrogens is 221 g/mol. The van der Waals surface area contributed by atoms with E-state index in [1.807, 2.05) is 0 Å². The Morgan fingerprint density at radius 1 is 1.38 bits per heavy atom. The maximum atomic E-state index is 12.0. The lowest BCUT2D eigenvalue weighted by Crippen LogP contribution is -2.46. The van der Waals surface area contributed by atoms with Gasteiger partial charge in [-0.2, -0.15) is 13.2 Å². The summed E-state index contributed by atoms with van der Waals surface area (Å²) in [6.45, 7) is 0.683. The Balaban J connectivity index is 2.25. The highest BCUT2D eigenvalue weighted by molar-refractivity contribution is 4.77. The molecule has 1 aliphatic heterocycles. The van der Waals surface area contributed by atoms with Crippen molar-refractivity contribution in [3.8, 4) is 0 Å². The minimum Gasteiger partial charge on any atom is -0.377 e. The standard InChI is InChI=1S/C10H19F3N2O/c11-10(12,13)6-3-4-8(15-14)9-5-1-2-7-16-9/h8-9,15H,1-7,14H2. The van der Waals surface area contributed by atoms with Gasteiger partial charge in [-0.05, 0) is 32.1 Å². The molecule has 2 atom stereocenters. The fourth-order valence-corrected chi connectivity index (χ4v) is 1.98. The third-order valence-electron chi connectivity index (χ3n) is 2.85. The summed E-state index contributed by atoms with van der Waals surface area (Å²) in [5, 5.41) is 0. The summed E-state index contributed by atoms with van der Waals surface area (Å²) >= 11 is 0. The fraction of sp³-hybridized carbons (Fsp3) is 1.00. The van der Waals surface area contributed by atoms with E-state index in [2.05, 4.69) is 5.43 Å². The third-order valence-corrected chi connectivity index (χ3v) is 2.85. The second kappa shape index (κ2) is 6.42. The van der Waals surface area contributed by atoms with Crippen molar-refractivity contribution in [1.29, 1.82) is 0 Å². The summed E-state index contributed by atoms with van der Waals surface area (Å²) in [5.74, 6) is 5.34. The number of rotatable bonds is 5. The average Bonchev–Trinajstić information content (AvgIpc) is 2.24. The van der Waals surface area contributed by atoms with Crippen LogP contribution < -0.4 is 11.3 Å². The van der Waals surface area contributed by atoms with E-state index in [-0.39, 0.29) is 18.6 Å². The third kappa shape index (κ3) is 5.14. The molecule has 1 saturated heterocycles. The summed E-state index contributed by atoms with van der Waals surface area (Å²) in [7, 11) is 0. The van der Waals surface area contributed by atoms with Crippen molar-refractivity contribution in [2.75, 3.05) is 6.61 Å². The average molecular weight is 240 g/mol. The van der Waals surface area contributed by atoms with E-state index in [1.54, 1.807) is 0 Å². The lowest BCUT2D eigenvalue weighted by molar-refractivity contribution is -0.136. The SMILES string of the molecule is NNC(CCCC(F)(F)F)C1CCCCO1. The highest BCUT2D eigenvalue weighted by Crippen LogP contribution is 2.24. The zero-order chi connectivity index (χ0) is 12.0. The second-order valence-electron chi connectivity index (χ2n) is 4.19. The summed E-state index contributed by atoms with van der Waals surface area (Å²) < 4.78 is 41.4. The van der Waals surface area contributed by atoms with Crippen LogP contribution in [0.1, 0.15) is 38.5 Å². The van der Waals surface area contributed by atoms with Crippen LogP contribution in [0.4, 0.5) is 13.2 Å². The fourth-order valence-electron chi connectivity index (χ4n) is 1.98.